The van der Waals surface area contributed by atoms with Crippen LogP contribution < -0.4 is 5.73 Å². The van der Waals surface area contributed by atoms with Crippen molar-refractivity contribution in [1.29, 1.82) is 0 Å². The fourth-order valence-electron chi connectivity index (χ4n) is 2.00. The molecule has 1 aliphatic heterocycles. The van der Waals surface area contributed by atoms with Crippen molar-refractivity contribution in [3.8, 4) is 0 Å². The van der Waals surface area contributed by atoms with E-state index in [1.54, 1.807) is 0 Å². The molecule has 2 N–H and O–H groups in total. The van der Waals surface area contributed by atoms with Gasteiger partial charge in [0.1, 0.15) is 0 Å². The van der Waals surface area contributed by atoms with Gasteiger partial charge in [-0.25, -0.2) is 0 Å². The van der Waals surface area contributed by atoms with Crippen LogP contribution in [0.25, 0.3) is 0 Å². The summed E-state index contributed by atoms with van der Waals surface area (Å²) in [6.07, 6.45) is 0.970. The van der Waals surface area contributed by atoms with E-state index < -0.39 is 0 Å². The Balaban J connectivity index is 1.88. The summed E-state index contributed by atoms with van der Waals surface area (Å²) in [5.74, 6) is 0. The molecule has 0 saturated carbocycles. The minimum Gasteiger partial charge on any atom is -0.379 e. The summed E-state index contributed by atoms with van der Waals surface area (Å²) in [7, 11) is 0. The van der Waals surface area contributed by atoms with Crippen LogP contribution in [-0.2, 0) is 17.7 Å². The number of nitrogens with zero attached hydrogens (tertiary/aromatic N) is 1. The molecule has 0 amide bonds. The molecule has 88 valence electrons. The Morgan fingerprint density at radius 1 is 1.06 bits per heavy atom. The van der Waals surface area contributed by atoms with Crippen LogP contribution in [0.2, 0.25) is 0 Å². The average Bonchev–Trinajstić information content (AvgIpc) is 2.33. The van der Waals surface area contributed by atoms with E-state index in [-0.39, 0.29) is 0 Å². The van der Waals surface area contributed by atoms with Crippen molar-refractivity contribution in [2.24, 2.45) is 5.73 Å². The molecule has 1 aromatic rings. The van der Waals surface area contributed by atoms with Crippen molar-refractivity contribution in [3.05, 3.63) is 35.4 Å². The standard InChI is InChI=1S/C13H20N2O/c14-6-5-12-1-3-13(4-2-12)11-15-7-9-16-10-8-15/h1-4H,5-11,14H2. The van der Waals surface area contributed by atoms with E-state index in [0.717, 1.165) is 45.8 Å². The van der Waals surface area contributed by atoms with E-state index in [2.05, 4.69) is 29.2 Å². The van der Waals surface area contributed by atoms with Crippen molar-refractivity contribution in [2.45, 2.75) is 13.0 Å². The summed E-state index contributed by atoms with van der Waals surface area (Å²) in [6.45, 7) is 5.58. The van der Waals surface area contributed by atoms with Crippen LogP contribution in [0.3, 0.4) is 0 Å². The fraction of sp³-hybridized carbons (Fsp3) is 0.538. The van der Waals surface area contributed by atoms with E-state index in [4.69, 9.17) is 10.5 Å². The highest BCUT2D eigenvalue weighted by atomic mass is 16.5. The highest BCUT2D eigenvalue weighted by Gasteiger charge is 2.10. The first-order valence-corrected chi connectivity index (χ1v) is 5.96. The number of nitrogens with two attached hydrogens (primary N) is 1. The second-order valence-electron chi connectivity index (χ2n) is 4.24. The van der Waals surface area contributed by atoms with E-state index in [0.29, 0.717) is 0 Å². The van der Waals surface area contributed by atoms with Crippen molar-refractivity contribution in [3.63, 3.8) is 0 Å². The lowest BCUT2D eigenvalue weighted by Crippen LogP contribution is -2.35. The van der Waals surface area contributed by atoms with Gasteiger partial charge in [0.25, 0.3) is 0 Å². The lowest BCUT2D eigenvalue weighted by atomic mass is 10.1. The maximum Gasteiger partial charge on any atom is 0.0594 e. The summed E-state index contributed by atoms with van der Waals surface area (Å²) in [5.41, 5.74) is 8.23. The van der Waals surface area contributed by atoms with Crippen LogP contribution in [0, 0.1) is 0 Å². The SMILES string of the molecule is NCCc1ccc(CN2CCOCC2)cc1. The minimum atomic E-state index is 0.725. The Morgan fingerprint density at radius 3 is 2.31 bits per heavy atom. The molecule has 0 radical (unpaired) electrons. The smallest absolute Gasteiger partial charge is 0.0594 e. The molecule has 2 rings (SSSR count). The molecule has 1 aliphatic rings. The largest absolute Gasteiger partial charge is 0.379 e. The number of hydrogen-bond donors (Lipinski definition) is 1. The van der Waals surface area contributed by atoms with Gasteiger partial charge in [-0.05, 0) is 24.1 Å². The van der Waals surface area contributed by atoms with Gasteiger partial charge in [0, 0.05) is 19.6 Å². The second-order valence-corrected chi connectivity index (χ2v) is 4.24. The molecule has 3 nitrogen and oxygen atoms in total. The highest BCUT2D eigenvalue weighted by molar-refractivity contribution is 5.22. The van der Waals surface area contributed by atoms with Crippen molar-refractivity contribution in [1.82, 2.24) is 4.90 Å². The average molecular weight is 220 g/mol. The first kappa shape index (κ1) is 11.6. The molecular weight excluding hydrogens is 200 g/mol. The Labute approximate surface area is 97.2 Å². The summed E-state index contributed by atoms with van der Waals surface area (Å²) >= 11 is 0. The maximum absolute atomic E-state index is 5.53. The molecule has 0 unspecified atom stereocenters. The van der Waals surface area contributed by atoms with Crippen LogP contribution in [-0.4, -0.2) is 37.7 Å². The molecule has 3 heteroatoms. The molecule has 0 aromatic heterocycles. The van der Waals surface area contributed by atoms with E-state index in [1.807, 2.05) is 0 Å². The molecule has 1 saturated heterocycles. The Kier molecular flexibility index (Phi) is 4.34. The van der Waals surface area contributed by atoms with E-state index in [1.165, 1.54) is 11.1 Å². The van der Waals surface area contributed by atoms with Gasteiger partial charge in [0.05, 0.1) is 13.2 Å². The fourth-order valence-corrected chi connectivity index (χ4v) is 2.00. The van der Waals surface area contributed by atoms with Crippen molar-refractivity contribution in [2.75, 3.05) is 32.8 Å². The summed E-state index contributed by atoms with van der Waals surface area (Å²) in [4.78, 5) is 2.43. The highest BCUT2D eigenvalue weighted by Crippen LogP contribution is 2.09. The number of hydrogen-bond acceptors (Lipinski definition) is 3. The van der Waals surface area contributed by atoms with E-state index in [9.17, 15) is 0 Å². The molecule has 0 atom stereocenters. The zero-order chi connectivity index (χ0) is 11.2. The Morgan fingerprint density at radius 2 is 1.69 bits per heavy atom. The van der Waals surface area contributed by atoms with Gasteiger partial charge in [-0.3, -0.25) is 4.90 Å². The van der Waals surface area contributed by atoms with Gasteiger partial charge in [0.2, 0.25) is 0 Å². The van der Waals surface area contributed by atoms with Gasteiger partial charge in [-0.15, -0.1) is 0 Å². The first-order valence-electron chi connectivity index (χ1n) is 5.96. The summed E-state index contributed by atoms with van der Waals surface area (Å²) < 4.78 is 5.33. The van der Waals surface area contributed by atoms with Crippen LogP contribution in [0.5, 0.6) is 0 Å². The maximum atomic E-state index is 5.53. The third kappa shape index (κ3) is 3.30. The predicted molar refractivity (Wildman–Crippen MR) is 65.3 cm³/mol. The molecule has 1 aromatic carbocycles. The predicted octanol–water partition coefficient (Wildman–Crippen LogP) is 1.02. The van der Waals surface area contributed by atoms with Gasteiger partial charge in [-0.2, -0.15) is 0 Å². The van der Waals surface area contributed by atoms with Crippen molar-refractivity contribution < 1.29 is 4.74 Å². The molecule has 16 heavy (non-hydrogen) atoms. The van der Waals surface area contributed by atoms with Crippen LogP contribution in [0.1, 0.15) is 11.1 Å². The van der Waals surface area contributed by atoms with Gasteiger partial charge in [0.15, 0.2) is 0 Å². The lowest BCUT2D eigenvalue weighted by Gasteiger charge is -2.26. The summed E-state index contributed by atoms with van der Waals surface area (Å²) in [5, 5.41) is 0. The quantitative estimate of drug-likeness (QED) is 0.823. The molecule has 0 bridgehead atoms. The van der Waals surface area contributed by atoms with Crippen LogP contribution in [0.15, 0.2) is 24.3 Å². The zero-order valence-electron chi connectivity index (χ0n) is 9.69. The number of ether oxygens (including phenoxy) is 1. The molecule has 1 fully saturated rings. The summed E-state index contributed by atoms with van der Waals surface area (Å²) in [6, 6.07) is 8.78. The number of benzene rings is 1. The van der Waals surface area contributed by atoms with Gasteiger partial charge >= 0.3 is 0 Å². The topological polar surface area (TPSA) is 38.5 Å². The number of rotatable bonds is 4. The first-order chi connectivity index (χ1) is 7.88. The number of morpholine rings is 1. The van der Waals surface area contributed by atoms with E-state index >= 15 is 0 Å². The molecule has 0 aliphatic carbocycles. The molecule has 1 heterocycles. The molecule has 0 spiro atoms. The second kappa shape index (κ2) is 5.99. The normalized spacial score (nSPS) is 17.6. The monoisotopic (exact) mass is 220 g/mol. The zero-order valence-corrected chi connectivity index (χ0v) is 9.69. The Bertz CT molecular complexity index is 304. The lowest BCUT2D eigenvalue weighted by molar-refractivity contribution is 0.0342. The van der Waals surface area contributed by atoms with Crippen LogP contribution in [0.4, 0.5) is 0 Å². The molecular formula is C13H20N2O. The van der Waals surface area contributed by atoms with Gasteiger partial charge in [-0.1, -0.05) is 24.3 Å². The minimum absolute atomic E-state index is 0.725. The van der Waals surface area contributed by atoms with Gasteiger partial charge < -0.3 is 10.5 Å². The third-order valence-corrected chi connectivity index (χ3v) is 2.97. The Hall–Kier alpha value is -0.900. The third-order valence-electron chi connectivity index (χ3n) is 2.97. The van der Waals surface area contributed by atoms with Crippen LogP contribution >= 0.6 is 0 Å². The van der Waals surface area contributed by atoms with Crippen molar-refractivity contribution >= 4 is 0 Å².